The Labute approximate surface area is 88.7 Å². The predicted molar refractivity (Wildman–Crippen MR) is 57.4 cm³/mol. The van der Waals surface area contributed by atoms with Crippen LogP contribution in [-0.2, 0) is 11.2 Å². The van der Waals surface area contributed by atoms with Crippen LogP contribution in [0.2, 0.25) is 0 Å². The number of rotatable bonds is 2. The maximum atomic E-state index is 12.9. The number of benzene rings is 1. The predicted octanol–water partition coefficient (Wildman–Crippen LogP) is 2.51. The van der Waals surface area contributed by atoms with Gasteiger partial charge in [-0.05, 0) is 36.6 Å². The molecule has 0 saturated heterocycles. The van der Waals surface area contributed by atoms with Crippen molar-refractivity contribution in [1.29, 1.82) is 0 Å². The first-order chi connectivity index (χ1) is 7.22. The fourth-order valence-electron chi connectivity index (χ4n) is 1.98. The van der Waals surface area contributed by atoms with Gasteiger partial charge in [0.05, 0.1) is 0 Å². The van der Waals surface area contributed by atoms with Crippen LogP contribution in [-0.4, -0.2) is 12.5 Å². The van der Waals surface area contributed by atoms with Crippen LogP contribution < -0.4 is 4.90 Å². The summed E-state index contributed by atoms with van der Waals surface area (Å²) in [4.78, 5) is 13.5. The second-order valence-electron chi connectivity index (χ2n) is 3.82. The van der Waals surface area contributed by atoms with Gasteiger partial charge in [0.1, 0.15) is 5.82 Å². The van der Waals surface area contributed by atoms with Crippen LogP contribution in [0.1, 0.15) is 25.3 Å². The molecule has 2 nitrogen and oxygen atoms in total. The molecule has 1 aromatic rings. The van der Waals surface area contributed by atoms with E-state index in [4.69, 9.17) is 0 Å². The highest BCUT2D eigenvalue weighted by atomic mass is 19.1. The molecule has 0 aromatic heterocycles. The van der Waals surface area contributed by atoms with Crippen LogP contribution >= 0.6 is 0 Å². The van der Waals surface area contributed by atoms with Gasteiger partial charge >= 0.3 is 0 Å². The van der Waals surface area contributed by atoms with Crippen molar-refractivity contribution in [2.24, 2.45) is 0 Å². The fraction of sp³-hybridized carbons (Fsp3) is 0.417. The van der Waals surface area contributed by atoms with E-state index in [9.17, 15) is 9.18 Å². The van der Waals surface area contributed by atoms with E-state index in [-0.39, 0.29) is 11.7 Å². The minimum atomic E-state index is -0.224. The van der Waals surface area contributed by atoms with Crippen molar-refractivity contribution in [3.63, 3.8) is 0 Å². The monoisotopic (exact) mass is 207 g/mol. The van der Waals surface area contributed by atoms with E-state index < -0.39 is 0 Å². The Morgan fingerprint density at radius 3 is 3.07 bits per heavy atom. The van der Waals surface area contributed by atoms with E-state index >= 15 is 0 Å². The third-order valence-electron chi connectivity index (χ3n) is 2.70. The van der Waals surface area contributed by atoms with E-state index in [0.717, 1.165) is 24.1 Å². The molecule has 3 heteroatoms. The summed E-state index contributed by atoms with van der Waals surface area (Å²) in [6.45, 7) is 2.68. The van der Waals surface area contributed by atoms with Crippen LogP contribution in [0.5, 0.6) is 0 Å². The Bertz CT molecular complexity index is 389. The molecule has 80 valence electrons. The highest BCUT2D eigenvalue weighted by Crippen LogP contribution is 2.29. The van der Waals surface area contributed by atoms with E-state index in [1.807, 2.05) is 6.92 Å². The number of carbonyl (C=O) groups is 1. The lowest BCUT2D eigenvalue weighted by molar-refractivity contribution is -0.118. The van der Waals surface area contributed by atoms with E-state index in [1.165, 1.54) is 12.1 Å². The summed E-state index contributed by atoms with van der Waals surface area (Å²) >= 11 is 0. The zero-order valence-electron chi connectivity index (χ0n) is 8.79. The SMILES string of the molecule is CCCC(=O)N1CCc2cc(F)ccc21. The van der Waals surface area contributed by atoms with E-state index in [0.29, 0.717) is 13.0 Å². The molecule has 1 aliphatic heterocycles. The summed E-state index contributed by atoms with van der Waals surface area (Å²) in [6.07, 6.45) is 2.19. The largest absolute Gasteiger partial charge is 0.312 e. The summed E-state index contributed by atoms with van der Waals surface area (Å²) in [6, 6.07) is 4.64. The second-order valence-corrected chi connectivity index (χ2v) is 3.82. The molecule has 0 radical (unpaired) electrons. The number of halogens is 1. The van der Waals surface area contributed by atoms with Gasteiger partial charge in [-0.15, -0.1) is 0 Å². The number of nitrogens with zero attached hydrogens (tertiary/aromatic N) is 1. The minimum Gasteiger partial charge on any atom is -0.312 e. The summed E-state index contributed by atoms with van der Waals surface area (Å²) in [5.41, 5.74) is 1.83. The van der Waals surface area contributed by atoms with Crippen molar-refractivity contribution in [2.75, 3.05) is 11.4 Å². The summed E-state index contributed by atoms with van der Waals surface area (Å²) in [5.74, 6) is -0.0820. The number of amides is 1. The van der Waals surface area contributed by atoms with Crippen LogP contribution in [0.4, 0.5) is 10.1 Å². The third kappa shape index (κ3) is 1.87. The molecule has 0 saturated carbocycles. The fourth-order valence-corrected chi connectivity index (χ4v) is 1.98. The zero-order chi connectivity index (χ0) is 10.8. The molecule has 0 unspecified atom stereocenters. The quantitative estimate of drug-likeness (QED) is 0.729. The summed E-state index contributed by atoms with van der Waals surface area (Å²) in [5, 5.41) is 0. The van der Waals surface area contributed by atoms with Crippen molar-refractivity contribution >= 4 is 11.6 Å². The van der Waals surface area contributed by atoms with Crippen LogP contribution in [0, 0.1) is 5.82 Å². The average molecular weight is 207 g/mol. The van der Waals surface area contributed by atoms with Gasteiger partial charge in [0.15, 0.2) is 0 Å². The standard InChI is InChI=1S/C12H14FNO/c1-2-3-12(15)14-7-6-9-8-10(13)4-5-11(9)14/h4-5,8H,2-3,6-7H2,1H3. The number of carbonyl (C=O) groups excluding carboxylic acids is 1. The maximum absolute atomic E-state index is 12.9. The first kappa shape index (κ1) is 10.1. The minimum absolute atomic E-state index is 0.142. The number of anilines is 1. The maximum Gasteiger partial charge on any atom is 0.226 e. The van der Waals surface area contributed by atoms with Gasteiger partial charge in [0.25, 0.3) is 0 Å². The van der Waals surface area contributed by atoms with Crippen molar-refractivity contribution in [3.8, 4) is 0 Å². The summed E-state index contributed by atoms with van der Waals surface area (Å²) in [7, 11) is 0. The van der Waals surface area contributed by atoms with Gasteiger partial charge in [0.2, 0.25) is 5.91 Å². The third-order valence-corrected chi connectivity index (χ3v) is 2.70. The van der Waals surface area contributed by atoms with E-state index in [1.54, 1.807) is 11.0 Å². The smallest absolute Gasteiger partial charge is 0.226 e. The Balaban J connectivity index is 2.25. The Morgan fingerprint density at radius 1 is 1.53 bits per heavy atom. The van der Waals surface area contributed by atoms with Gasteiger partial charge in [-0.1, -0.05) is 6.92 Å². The molecule has 1 heterocycles. The molecule has 0 spiro atoms. The molecular formula is C12H14FNO. The molecule has 0 aliphatic carbocycles. The van der Waals surface area contributed by atoms with Crippen LogP contribution in [0.3, 0.4) is 0 Å². The lowest BCUT2D eigenvalue weighted by Gasteiger charge is -2.16. The summed E-state index contributed by atoms with van der Waals surface area (Å²) < 4.78 is 12.9. The van der Waals surface area contributed by atoms with Gasteiger partial charge in [-0.25, -0.2) is 4.39 Å². The lowest BCUT2D eigenvalue weighted by atomic mass is 10.1. The molecule has 15 heavy (non-hydrogen) atoms. The average Bonchev–Trinajstić information content (AvgIpc) is 2.60. The van der Waals surface area contributed by atoms with Crippen molar-refractivity contribution < 1.29 is 9.18 Å². The molecule has 0 fully saturated rings. The van der Waals surface area contributed by atoms with Gasteiger partial charge in [0, 0.05) is 18.7 Å². The lowest BCUT2D eigenvalue weighted by Crippen LogP contribution is -2.28. The van der Waals surface area contributed by atoms with Crippen LogP contribution in [0.15, 0.2) is 18.2 Å². The van der Waals surface area contributed by atoms with Gasteiger partial charge < -0.3 is 4.90 Å². The number of fused-ring (bicyclic) bond motifs is 1. The number of hydrogen-bond donors (Lipinski definition) is 0. The number of hydrogen-bond acceptors (Lipinski definition) is 1. The molecule has 0 bridgehead atoms. The first-order valence-electron chi connectivity index (χ1n) is 5.31. The topological polar surface area (TPSA) is 20.3 Å². The Kier molecular flexibility index (Phi) is 2.71. The highest BCUT2D eigenvalue weighted by Gasteiger charge is 2.23. The highest BCUT2D eigenvalue weighted by molar-refractivity contribution is 5.95. The van der Waals surface area contributed by atoms with Crippen LogP contribution in [0.25, 0.3) is 0 Å². The molecule has 1 amide bonds. The molecule has 1 aromatic carbocycles. The molecule has 1 aliphatic rings. The zero-order valence-corrected chi connectivity index (χ0v) is 8.79. The van der Waals surface area contributed by atoms with Crippen molar-refractivity contribution in [3.05, 3.63) is 29.6 Å². The first-order valence-corrected chi connectivity index (χ1v) is 5.31. The van der Waals surface area contributed by atoms with Gasteiger partial charge in [-0.3, -0.25) is 4.79 Å². The van der Waals surface area contributed by atoms with E-state index in [2.05, 4.69) is 0 Å². The Morgan fingerprint density at radius 2 is 2.33 bits per heavy atom. The van der Waals surface area contributed by atoms with Crippen molar-refractivity contribution in [1.82, 2.24) is 0 Å². The Hall–Kier alpha value is -1.38. The molecule has 2 rings (SSSR count). The normalized spacial score (nSPS) is 14.1. The van der Waals surface area contributed by atoms with Crippen molar-refractivity contribution in [2.45, 2.75) is 26.2 Å². The molecule has 0 atom stereocenters. The molecular weight excluding hydrogens is 193 g/mol. The van der Waals surface area contributed by atoms with Gasteiger partial charge in [-0.2, -0.15) is 0 Å². The second kappa shape index (κ2) is 4.01. The molecule has 0 N–H and O–H groups in total.